The van der Waals surface area contributed by atoms with Crippen LogP contribution in [-0.2, 0) is 11.0 Å². The molecule has 2 aromatic heterocycles. The van der Waals surface area contributed by atoms with E-state index in [9.17, 15) is 18.0 Å². The smallest absolute Gasteiger partial charge is 0.453 e. The molecule has 1 saturated carbocycles. The van der Waals surface area contributed by atoms with Gasteiger partial charge in [0.15, 0.2) is 0 Å². The predicted octanol–water partition coefficient (Wildman–Crippen LogP) is 1.39. The highest BCUT2D eigenvalue weighted by Crippen LogP contribution is 2.48. The zero-order chi connectivity index (χ0) is 13.1. The maximum Gasteiger partial charge on any atom is 0.453 e. The zero-order valence-electron chi connectivity index (χ0n) is 8.55. The summed E-state index contributed by atoms with van der Waals surface area (Å²) < 4.78 is 38.2. The van der Waals surface area contributed by atoms with Crippen molar-refractivity contribution in [3.63, 3.8) is 0 Å². The van der Waals surface area contributed by atoms with Gasteiger partial charge in [0.1, 0.15) is 5.01 Å². The molecule has 2 unspecified atom stereocenters. The van der Waals surface area contributed by atoms with Crippen molar-refractivity contribution in [2.75, 3.05) is 0 Å². The molecule has 2 heterocycles. The van der Waals surface area contributed by atoms with Gasteiger partial charge in [0.05, 0.1) is 5.92 Å². The third-order valence-corrected chi connectivity index (χ3v) is 3.72. The Labute approximate surface area is 101 Å². The molecule has 6 nitrogen and oxygen atoms in total. The molecule has 0 spiro atoms. The molecule has 1 aliphatic carbocycles. The average molecular weight is 278 g/mol. The fourth-order valence-electron chi connectivity index (χ4n) is 1.70. The van der Waals surface area contributed by atoms with Gasteiger partial charge >= 0.3 is 12.1 Å². The van der Waals surface area contributed by atoms with E-state index >= 15 is 0 Å². The number of hydrogen-bond acceptors (Lipinski definition) is 5. The maximum absolute atomic E-state index is 12.5. The van der Waals surface area contributed by atoms with Crippen LogP contribution in [0.5, 0.6) is 0 Å². The van der Waals surface area contributed by atoms with Crippen molar-refractivity contribution in [3.05, 3.63) is 10.8 Å². The number of aliphatic carboxylic acids is 1. The Hall–Kier alpha value is -1.71. The van der Waals surface area contributed by atoms with Crippen LogP contribution in [0.2, 0.25) is 0 Å². The molecule has 0 aliphatic heterocycles. The molecule has 0 bridgehead atoms. The van der Waals surface area contributed by atoms with E-state index in [-0.39, 0.29) is 10.9 Å². The standard InChI is InChI=1S/C8H5F3N4O2S/c9-8(10,11)6-12-13-7-15(6)14-4(18-7)2-1-3(2)5(16)17/h2-3H,1H2,(H,16,17). The lowest BCUT2D eigenvalue weighted by atomic mass is 10.3. The van der Waals surface area contributed by atoms with Crippen molar-refractivity contribution in [2.45, 2.75) is 18.5 Å². The van der Waals surface area contributed by atoms with Crippen molar-refractivity contribution in [3.8, 4) is 0 Å². The fourth-order valence-corrected chi connectivity index (χ4v) is 2.72. The fraction of sp³-hybridized carbons (Fsp3) is 0.500. The number of halogens is 3. The largest absolute Gasteiger partial charge is 0.481 e. The minimum atomic E-state index is -4.62. The van der Waals surface area contributed by atoms with E-state index in [1.165, 1.54) is 0 Å². The Kier molecular flexibility index (Phi) is 2.15. The maximum atomic E-state index is 12.5. The van der Waals surface area contributed by atoms with Gasteiger partial charge < -0.3 is 5.11 Å². The molecule has 96 valence electrons. The van der Waals surface area contributed by atoms with Gasteiger partial charge in [0, 0.05) is 5.92 Å². The lowest BCUT2D eigenvalue weighted by Gasteiger charge is -1.99. The molecule has 0 aromatic carbocycles. The lowest BCUT2D eigenvalue weighted by molar-refractivity contribution is -0.146. The van der Waals surface area contributed by atoms with Gasteiger partial charge in [-0.1, -0.05) is 11.3 Å². The third-order valence-electron chi connectivity index (χ3n) is 2.68. The molecule has 2 atom stereocenters. The van der Waals surface area contributed by atoms with E-state index in [1.54, 1.807) is 0 Å². The number of carboxylic acids is 1. The van der Waals surface area contributed by atoms with Crippen LogP contribution in [0, 0.1) is 5.92 Å². The highest BCUT2D eigenvalue weighted by molar-refractivity contribution is 7.16. The van der Waals surface area contributed by atoms with Gasteiger partial charge in [-0.3, -0.25) is 4.79 Å². The summed E-state index contributed by atoms with van der Waals surface area (Å²) in [5.74, 6) is -3.01. The summed E-state index contributed by atoms with van der Waals surface area (Å²) in [7, 11) is 0. The van der Waals surface area contributed by atoms with Gasteiger partial charge in [0.2, 0.25) is 4.96 Å². The quantitative estimate of drug-likeness (QED) is 0.898. The number of alkyl halides is 3. The third kappa shape index (κ3) is 1.64. The molecule has 1 aliphatic rings. The Balaban J connectivity index is 1.98. The van der Waals surface area contributed by atoms with Gasteiger partial charge in [-0.05, 0) is 6.42 Å². The van der Waals surface area contributed by atoms with Crippen LogP contribution in [0.4, 0.5) is 13.2 Å². The van der Waals surface area contributed by atoms with Gasteiger partial charge in [-0.25, -0.2) is 0 Å². The molecular formula is C8H5F3N4O2S. The SMILES string of the molecule is O=C(O)C1CC1c1nn2c(C(F)(F)F)nnc2s1. The van der Waals surface area contributed by atoms with Crippen LogP contribution in [0.1, 0.15) is 23.2 Å². The van der Waals surface area contributed by atoms with Crippen molar-refractivity contribution in [1.29, 1.82) is 0 Å². The predicted molar refractivity (Wildman–Crippen MR) is 52.1 cm³/mol. The van der Waals surface area contributed by atoms with E-state index < -0.39 is 23.9 Å². The van der Waals surface area contributed by atoms with Crippen LogP contribution in [0.3, 0.4) is 0 Å². The van der Waals surface area contributed by atoms with Crippen LogP contribution < -0.4 is 0 Å². The van der Waals surface area contributed by atoms with Crippen LogP contribution in [0.25, 0.3) is 4.96 Å². The number of carboxylic acid groups (broad SMARTS) is 1. The van der Waals surface area contributed by atoms with Crippen molar-refractivity contribution >= 4 is 22.3 Å². The molecule has 0 radical (unpaired) electrons. The summed E-state index contributed by atoms with van der Waals surface area (Å²) in [4.78, 5) is 10.7. The Morgan fingerprint density at radius 2 is 2.17 bits per heavy atom. The molecule has 10 heteroatoms. The van der Waals surface area contributed by atoms with Gasteiger partial charge in [-0.15, -0.1) is 10.2 Å². The first-order valence-corrected chi connectivity index (χ1v) is 5.71. The second-order valence-corrected chi connectivity index (χ2v) is 4.93. The van der Waals surface area contributed by atoms with E-state index in [1.807, 2.05) is 0 Å². The minimum Gasteiger partial charge on any atom is -0.481 e. The molecule has 0 saturated heterocycles. The van der Waals surface area contributed by atoms with E-state index in [4.69, 9.17) is 5.11 Å². The molecule has 1 N–H and O–H groups in total. The molecule has 1 fully saturated rings. The molecule has 2 aromatic rings. The molecule has 3 rings (SSSR count). The number of aromatic nitrogens is 4. The number of carbonyl (C=O) groups is 1. The highest BCUT2D eigenvalue weighted by atomic mass is 32.1. The van der Waals surface area contributed by atoms with Gasteiger partial charge in [0.25, 0.3) is 5.82 Å². The minimum absolute atomic E-state index is 0.0216. The summed E-state index contributed by atoms with van der Waals surface area (Å²) in [6, 6.07) is 0. The van der Waals surface area contributed by atoms with Crippen molar-refractivity contribution < 1.29 is 23.1 Å². The average Bonchev–Trinajstić information content (AvgIpc) is 2.77. The first-order chi connectivity index (χ1) is 8.38. The second-order valence-electron chi connectivity index (χ2n) is 3.94. The van der Waals surface area contributed by atoms with E-state index in [2.05, 4.69) is 15.3 Å². The molecule has 18 heavy (non-hydrogen) atoms. The lowest BCUT2D eigenvalue weighted by Crippen LogP contribution is -2.11. The Morgan fingerprint density at radius 3 is 2.72 bits per heavy atom. The highest BCUT2D eigenvalue weighted by Gasteiger charge is 2.47. The molecular weight excluding hydrogens is 273 g/mol. The summed E-state index contributed by atoms with van der Waals surface area (Å²) >= 11 is 0.941. The van der Waals surface area contributed by atoms with Crippen LogP contribution >= 0.6 is 11.3 Å². The number of nitrogens with zero attached hydrogens (tertiary/aromatic N) is 4. The number of fused-ring (bicyclic) bond motifs is 1. The van der Waals surface area contributed by atoms with Crippen molar-refractivity contribution in [2.24, 2.45) is 5.92 Å². The van der Waals surface area contributed by atoms with Crippen LogP contribution in [0.15, 0.2) is 0 Å². The normalized spacial score (nSPS) is 23.5. The summed E-state index contributed by atoms with van der Waals surface area (Å²) in [5.41, 5.74) is 0. The molecule has 0 amide bonds. The second kappa shape index (κ2) is 3.40. The summed E-state index contributed by atoms with van der Waals surface area (Å²) in [6.07, 6.45) is -4.22. The number of hydrogen-bond donors (Lipinski definition) is 1. The number of rotatable bonds is 2. The van der Waals surface area contributed by atoms with E-state index in [0.29, 0.717) is 15.9 Å². The zero-order valence-corrected chi connectivity index (χ0v) is 9.36. The summed E-state index contributed by atoms with van der Waals surface area (Å²) in [6.45, 7) is 0. The Bertz CT molecular complexity index is 634. The van der Waals surface area contributed by atoms with Crippen LogP contribution in [-0.4, -0.2) is 30.9 Å². The topological polar surface area (TPSA) is 80.4 Å². The first-order valence-electron chi connectivity index (χ1n) is 4.90. The first kappa shape index (κ1) is 11.4. The summed E-state index contributed by atoms with van der Waals surface area (Å²) in [5, 5.41) is 19.3. The van der Waals surface area contributed by atoms with Crippen molar-refractivity contribution in [1.82, 2.24) is 19.8 Å². The van der Waals surface area contributed by atoms with Gasteiger partial charge in [-0.2, -0.15) is 22.8 Å². The van der Waals surface area contributed by atoms with E-state index in [0.717, 1.165) is 11.3 Å². The monoisotopic (exact) mass is 278 g/mol. The Morgan fingerprint density at radius 1 is 1.44 bits per heavy atom.